The van der Waals surface area contributed by atoms with Gasteiger partial charge >= 0.3 is 11.9 Å². The minimum atomic E-state index is -1.31. The Hall–Kier alpha value is -1.91. The monoisotopic (exact) mass is 240 g/mol. The van der Waals surface area contributed by atoms with Gasteiger partial charge in [0, 0.05) is 6.42 Å². The highest BCUT2D eigenvalue weighted by molar-refractivity contribution is 5.87. The number of carbonyl (C=O) groups excluding carboxylic acids is 1. The molecule has 1 aromatic rings. The van der Waals surface area contributed by atoms with Crippen molar-refractivity contribution >= 4 is 11.9 Å². The van der Waals surface area contributed by atoms with Crippen molar-refractivity contribution in [2.75, 3.05) is 6.61 Å². The molecule has 0 aliphatic heterocycles. The van der Waals surface area contributed by atoms with Crippen LogP contribution in [0, 0.1) is 5.82 Å². The van der Waals surface area contributed by atoms with Crippen LogP contribution in [-0.4, -0.2) is 23.7 Å². The van der Waals surface area contributed by atoms with E-state index in [0.29, 0.717) is 18.6 Å². The molecule has 1 N–H and O–H groups in total. The first-order valence-corrected chi connectivity index (χ1v) is 5.22. The molecule has 4 nitrogen and oxygen atoms in total. The van der Waals surface area contributed by atoms with Gasteiger partial charge in [0.1, 0.15) is 5.82 Å². The Bertz CT molecular complexity index is 429. The van der Waals surface area contributed by atoms with Gasteiger partial charge in [-0.15, -0.1) is 0 Å². The Morgan fingerprint density at radius 1 is 1.41 bits per heavy atom. The number of carboxylic acid groups (broad SMARTS) is 1. The third-order valence-electron chi connectivity index (χ3n) is 2.19. The lowest BCUT2D eigenvalue weighted by molar-refractivity contribution is -0.143. The minimum absolute atomic E-state index is 0.152. The molecule has 0 saturated carbocycles. The van der Waals surface area contributed by atoms with Crippen LogP contribution < -0.4 is 0 Å². The number of halogens is 1. The van der Waals surface area contributed by atoms with Gasteiger partial charge in [-0.25, -0.2) is 9.18 Å². The molecule has 0 bridgehead atoms. The van der Waals surface area contributed by atoms with Gasteiger partial charge in [-0.05, 0) is 31.0 Å². The molecule has 0 aliphatic rings. The predicted octanol–water partition coefficient (Wildman–Crippen LogP) is 2.02. The largest absolute Gasteiger partial charge is 0.478 e. The van der Waals surface area contributed by atoms with Gasteiger partial charge in [-0.3, -0.25) is 4.79 Å². The second-order valence-corrected chi connectivity index (χ2v) is 3.42. The highest BCUT2D eigenvalue weighted by Gasteiger charge is 2.11. The summed E-state index contributed by atoms with van der Waals surface area (Å²) in [5, 5.41) is 8.63. The van der Waals surface area contributed by atoms with Gasteiger partial charge in [0.05, 0.1) is 12.2 Å². The second-order valence-electron chi connectivity index (χ2n) is 3.42. The van der Waals surface area contributed by atoms with E-state index in [9.17, 15) is 14.0 Å². The van der Waals surface area contributed by atoms with Crippen molar-refractivity contribution in [3.8, 4) is 0 Å². The first-order chi connectivity index (χ1) is 8.04. The molecule has 0 heterocycles. The maximum atomic E-state index is 13.3. The van der Waals surface area contributed by atoms with E-state index in [1.54, 1.807) is 6.92 Å². The molecular weight excluding hydrogens is 227 g/mol. The van der Waals surface area contributed by atoms with E-state index in [0.717, 1.165) is 6.07 Å². The minimum Gasteiger partial charge on any atom is -0.478 e. The Balaban J connectivity index is 2.65. The van der Waals surface area contributed by atoms with Crippen LogP contribution in [0.15, 0.2) is 18.2 Å². The van der Waals surface area contributed by atoms with Crippen LogP contribution in [0.2, 0.25) is 0 Å². The zero-order valence-corrected chi connectivity index (χ0v) is 9.40. The van der Waals surface area contributed by atoms with E-state index in [2.05, 4.69) is 0 Å². The summed E-state index contributed by atoms with van der Waals surface area (Å²) in [6.45, 7) is 2.02. The lowest BCUT2D eigenvalue weighted by Gasteiger charge is -2.03. The van der Waals surface area contributed by atoms with E-state index < -0.39 is 11.8 Å². The van der Waals surface area contributed by atoms with E-state index >= 15 is 0 Å². The lowest BCUT2D eigenvalue weighted by atomic mass is 10.1. The SMILES string of the molecule is CCOC(=O)CCc1ccc(C(=O)O)c(F)c1. The van der Waals surface area contributed by atoms with Crippen molar-refractivity contribution in [2.45, 2.75) is 19.8 Å². The van der Waals surface area contributed by atoms with Crippen molar-refractivity contribution in [1.29, 1.82) is 0 Å². The first-order valence-electron chi connectivity index (χ1n) is 5.22. The van der Waals surface area contributed by atoms with E-state index in [4.69, 9.17) is 9.84 Å². The molecular formula is C12H13FO4. The van der Waals surface area contributed by atoms with E-state index in [1.165, 1.54) is 12.1 Å². The number of ether oxygens (including phenoxy) is 1. The summed E-state index contributed by atoms with van der Waals surface area (Å²) in [6.07, 6.45) is 0.481. The molecule has 92 valence electrons. The summed E-state index contributed by atoms with van der Waals surface area (Å²) in [4.78, 5) is 21.6. The molecule has 0 saturated heterocycles. The maximum absolute atomic E-state index is 13.3. The number of aromatic carboxylic acids is 1. The fraction of sp³-hybridized carbons (Fsp3) is 0.333. The molecule has 0 spiro atoms. The third kappa shape index (κ3) is 3.86. The molecule has 0 unspecified atom stereocenters. The molecule has 17 heavy (non-hydrogen) atoms. The topological polar surface area (TPSA) is 63.6 Å². The molecule has 0 radical (unpaired) electrons. The van der Waals surface area contributed by atoms with Crippen molar-refractivity contribution < 1.29 is 23.8 Å². The molecule has 0 aromatic heterocycles. The second kappa shape index (κ2) is 5.98. The van der Waals surface area contributed by atoms with Crippen LogP contribution in [0.1, 0.15) is 29.3 Å². The first kappa shape index (κ1) is 13.2. The van der Waals surface area contributed by atoms with Crippen LogP contribution in [0.25, 0.3) is 0 Å². The van der Waals surface area contributed by atoms with Crippen LogP contribution >= 0.6 is 0 Å². The van der Waals surface area contributed by atoms with Crippen molar-refractivity contribution in [3.63, 3.8) is 0 Å². The maximum Gasteiger partial charge on any atom is 0.338 e. The van der Waals surface area contributed by atoms with E-state index in [-0.39, 0.29) is 18.0 Å². The van der Waals surface area contributed by atoms with Gasteiger partial charge in [0.25, 0.3) is 0 Å². The van der Waals surface area contributed by atoms with Crippen molar-refractivity contribution in [1.82, 2.24) is 0 Å². The van der Waals surface area contributed by atoms with Crippen LogP contribution in [0.5, 0.6) is 0 Å². The zero-order chi connectivity index (χ0) is 12.8. The number of esters is 1. The fourth-order valence-electron chi connectivity index (χ4n) is 1.37. The van der Waals surface area contributed by atoms with Crippen molar-refractivity contribution in [2.24, 2.45) is 0 Å². The highest BCUT2D eigenvalue weighted by atomic mass is 19.1. The molecule has 1 aromatic carbocycles. The van der Waals surface area contributed by atoms with Gasteiger partial charge in [0.15, 0.2) is 0 Å². The molecule has 5 heteroatoms. The standard InChI is InChI=1S/C12H13FO4/c1-2-17-11(14)6-4-8-3-5-9(12(15)16)10(13)7-8/h3,5,7H,2,4,6H2,1H3,(H,15,16). The van der Waals surface area contributed by atoms with Gasteiger partial charge in [-0.1, -0.05) is 6.07 Å². The number of rotatable bonds is 5. The summed E-state index contributed by atoms with van der Waals surface area (Å²) < 4.78 is 18.0. The normalized spacial score (nSPS) is 10.0. The Morgan fingerprint density at radius 2 is 2.12 bits per heavy atom. The van der Waals surface area contributed by atoms with Gasteiger partial charge < -0.3 is 9.84 Å². The number of hydrogen-bond acceptors (Lipinski definition) is 3. The van der Waals surface area contributed by atoms with Crippen molar-refractivity contribution in [3.05, 3.63) is 35.1 Å². The van der Waals surface area contributed by atoms with Gasteiger partial charge in [0.2, 0.25) is 0 Å². The Kier molecular flexibility index (Phi) is 4.63. The highest BCUT2D eigenvalue weighted by Crippen LogP contribution is 2.12. The molecule has 1 rings (SSSR count). The summed E-state index contributed by atoms with van der Waals surface area (Å²) >= 11 is 0. The number of carboxylic acids is 1. The lowest BCUT2D eigenvalue weighted by Crippen LogP contribution is -2.06. The number of aryl methyl sites for hydroxylation is 1. The number of benzene rings is 1. The Labute approximate surface area is 98.0 Å². The van der Waals surface area contributed by atoms with Crippen LogP contribution in [0.4, 0.5) is 4.39 Å². The molecule has 0 aliphatic carbocycles. The smallest absolute Gasteiger partial charge is 0.338 e. The van der Waals surface area contributed by atoms with Crippen LogP contribution in [-0.2, 0) is 16.0 Å². The quantitative estimate of drug-likeness (QED) is 0.800. The fourth-order valence-corrected chi connectivity index (χ4v) is 1.37. The molecule has 0 atom stereocenters. The van der Waals surface area contributed by atoms with Gasteiger partial charge in [-0.2, -0.15) is 0 Å². The summed E-state index contributed by atoms with van der Waals surface area (Å²) in [5.41, 5.74) is 0.199. The average Bonchev–Trinajstić information content (AvgIpc) is 2.26. The van der Waals surface area contributed by atoms with E-state index in [1.807, 2.05) is 0 Å². The number of carbonyl (C=O) groups is 2. The summed E-state index contributed by atoms with van der Waals surface area (Å²) in [6, 6.07) is 3.81. The predicted molar refractivity (Wildman–Crippen MR) is 58.3 cm³/mol. The number of hydrogen-bond donors (Lipinski definition) is 1. The third-order valence-corrected chi connectivity index (χ3v) is 2.19. The molecule has 0 amide bonds. The summed E-state index contributed by atoms with van der Waals surface area (Å²) in [5.74, 6) is -2.45. The zero-order valence-electron chi connectivity index (χ0n) is 9.40. The molecule has 0 fully saturated rings. The Morgan fingerprint density at radius 3 is 2.65 bits per heavy atom. The summed E-state index contributed by atoms with van der Waals surface area (Å²) in [7, 11) is 0. The average molecular weight is 240 g/mol. The van der Waals surface area contributed by atoms with Crippen LogP contribution in [0.3, 0.4) is 0 Å².